The van der Waals surface area contributed by atoms with Crippen molar-refractivity contribution in [2.75, 3.05) is 6.54 Å². The first-order valence-electron chi connectivity index (χ1n) is 9.00. The summed E-state index contributed by atoms with van der Waals surface area (Å²) in [5, 5.41) is 0. The van der Waals surface area contributed by atoms with Gasteiger partial charge in [-0.05, 0) is 48.4 Å². The molecule has 0 radical (unpaired) electrons. The van der Waals surface area contributed by atoms with E-state index in [1.807, 2.05) is 35.9 Å². The highest BCUT2D eigenvalue weighted by atomic mass is 19.1. The van der Waals surface area contributed by atoms with E-state index in [0.29, 0.717) is 19.6 Å². The molecule has 0 fully saturated rings. The zero-order valence-corrected chi connectivity index (χ0v) is 15.2. The highest BCUT2D eigenvalue weighted by molar-refractivity contribution is 5.94. The maximum absolute atomic E-state index is 14.0. The maximum atomic E-state index is 14.0. The molecule has 3 nitrogen and oxygen atoms in total. The van der Waals surface area contributed by atoms with E-state index >= 15 is 0 Å². The van der Waals surface area contributed by atoms with Gasteiger partial charge in [-0.1, -0.05) is 31.2 Å². The van der Waals surface area contributed by atoms with Crippen molar-refractivity contribution in [1.82, 2.24) is 9.47 Å². The van der Waals surface area contributed by atoms with Crippen molar-refractivity contribution < 1.29 is 13.6 Å². The van der Waals surface area contributed by atoms with E-state index in [4.69, 9.17) is 0 Å². The number of rotatable bonds is 7. The minimum absolute atomic E-state index is 0.0780. The highest BCUT2D eigenvalue weighted by Gasteiger charge is 2.19. The van der Waals surface area contributed by atoms with Gasteiger partial charge < -0.3 is 9.47 Å². The molecule has 27 heavy (non-hydrogen) atoms. The van der Waals surface area contributed by atoms with E-state index in [0.717, 1.165) is 17.7 Å². The number of amides is 1. The van der Waals surface area contributed by atoms with Crippen molar-refractivity contribution in [3.8, 4) is 0 Å². The molecule has 0 aliphatic carbocycles. The molecule has 0 bridgehead atoms. The van der Waals surface area contributed by atoms with Gasteiger partial charge in [0.05, 0.1) is 12.1 Å². The van der Waals surface area contributed by atoms with Crippen LogP contribution in [0.25, 0.3) is 0 Å². The molecule has 1 aromatic heterocycles. The lowest BCUT2D eigenvalue weighted by Crippen LogP contribution is -2.32. The number of halogens is 2. The summed E-state index contributed by atoms with van der Waals surface area (Å²) in [5.41, 5.74) is 1.83. The number of carbonyl (C=O) groups excluding carboxylic acids is 1. The lowest BCUT2D eigenvalue weighted by Gasteiger charge is -2.23. The highest BCUT2D eigenvalue weighted by Crippen LogP contribution is 2.16. The van der Waals surface area contributed by atoms with Crippen LogP contribution in [0.15, 0.2) is 66.9 Å². The predicted octanol–water partition coefficient (Wildman–Crippen LogP) is 4.87. The minimum Gasteiger partial charge on any atom is -0.345 e. The molecule has 0 saturated heterocycles. The SMILES string of the molecule is CCCN(Cc1cccn1Cc1cccc(F)c1)C(=O)c1ccccc1F. The van der Waals surface area contributed by atoms with E-state index in [1.54, 1.807) is 23.1 Å². The second-order valence-electron chi connectivity index (χ2n) is 6.46. The zero-order chi connectivity index (χ0) is 19.2. The summed E-state index contributed by atoms with van der Waals surface area (Å²) in [6.07, 6.45) is 2.67. The molecule has 3 rings (SSSR count). The summed E-state index contributed by atoms with van der Waals surface area (Å²) in [7, 11) is 0. The number of aromatic nitrogens is 1. The van der Waals surface area contributed by atoms with Gasteiger partial charge in [-0.2, -0.15) is 0 Å². The van der Waals surface area contributed by atoms with E-state index in [9.17, 15) is 13.6 Å². The number of nitrogens with zero attached hydrogens (tertiary/aromatic N) is 2. The molecule has 1 amide bonds. The fourth-order valence-corrected chi connectivity index (χ4v) is 3.10. The Balaban J connectivity index is 1.81. The van der Waals surface area contributed by atoms with E-state index in [-0.39, 0.29) is 17.3 Å². The van der Waals surface area contributed by atoms with Crippen molar-refractivity contribution >= 4 is 5.91 Å². The van der Waals surface area contributed by atoms with Crippen LogP contribution in [-0.2, 0) is 13.1 Å². The molecule has 2 aromatic carbocycles. The first kappa shape index (κ1) is 18.8. The monoisotopic (exact) mass is 368 g/mol. The van der Waals surface area contributed by atoms with Crippen LogP contribution >= 0.6 is 0 Å². The summed E-state index contributed by atoms with van der Waals surface area (Å²) in [4.78, 5) is 14.5. The van der Waals surface area contributed by atoms with Crippen molar-refractivity contribution in [3.63, 3.8) is 0 Å². The number of hydrogen-bond donors (Lipinski definition) is 0. The molecule has 0 atom stereocenters. The van der Waals surface area contributed by atoms with Crippen molar-refractivity contribution in [2.45, 2.75) is 26.4 Å². The van der Waals surface area contributed by atoms with Gasteiger partial charge in [-0.25, -0.2) is 8.78 Å². The summed E-state index contributed by atoms with van der Waals surface area (Å²) >= 11 is 0. The third-order valence-corrected chi connectivity index (χ3v) is 4.40. The van der Waals surface area contributed by atoms with E-state index in [1.165, 1.54) is 24.3 Å². The number of carbonyl (C=O) groups is 1. The zero-order valence-electron chi connectivity index (χ0n) is 15.2. The summed E-state index contributed by atoms with van der Waals surface area (Å²) < 4.78 is 29.5. The molecule has 0 N–H and O–H groups in total. The summed E-state index contributed by atoms with van der Waals surface area (Å²) in [6, 6.07) is 16.3. The summed E-state index contributed by atoms with van der Waals surface area (Å²) in [5.74, 6) is -1.12. The van der Waals surface area contributed by atoms with Crippen LogP contribution in [0.2, 0.25) is 0 Å². The lowest BCUT2D eigenvalue weighted by molar-refractivity contribution is 0.0735. The second kappa shape index (κ2) is 8.62. The van der Waals surface area contributed by atoms with Gasteiger partial charge >= 0.3 is 0 Å². The fourth-order valence-electron chi connectivity index (χ4n) is 3.10. The Morgan fingerprint density at radius 2 is 1.85 bits per heavy atom. The number of hydrogen-bond acceptors (Lipinski definition) is 1. The first-order chi connectivity index (χ1) is 13.1. The van der Waals surface area contributed by atoms with Crippen LogP contribution in [0.1, 0.15) is 35.0 Å². The second-order valence-corrected chi connectivity index (χ2v) is 6.46. The molecule has 1 heterocycles. The molecular weight excluding hydrogens is 346 g/mol. The van der Waals surface area contributed by atoms with Crippen LogP contribution in [0.4, 0.5) is 8.78 Å². The van der Waals surface area contributed by atoms with Gasteiger partial charge in [0.2, 0.25) is 0 Å². The first-order valence-corrected chi connectivity index (χ1v) is 9.00. The molecule has 0 aliphatic heterocycles. The Kier molecular flexibility index (Phi) is 6.01. The van der Waals surface area contributed by atoms with Gasteiger partial charge in [0, 0.05) is 25.0 Å². The van der Waals surface area contributed by atoms with Crippen molar-refractivity contribution in [3.05, 3.63) is 95.3 Å². The lowest BCUT2D eigenvalue weighted by atomic mass is 10.1. The smallest absolute Gasteiger partial charge is 0.257 e. The third-order valence-electron chi connectivity index (χ3n) is 4.40. The minimum atomic E-state index is -0.515. The number of benzene rings is 2. The molecule has 0 aliphatic rings. The topological polar surface area (TPSA) is 25.2 Å². The van der Waals surface area contributed by atoms with Gasteiger partial charge in [0.15, 0.2) is 0 Å². The van der Waals surface area contributed by atoms with Crippen LogP contribution < -0.4 is 0 Å². The fraction of sp³-hybridized carbons (Fsp3) is 0.227. The maximum Gasteiger partial charge on any atom is 0.257 e. The third kappa shape index (κ3) is 4.61. The van der Waals surface area contributed by atoms with Gasteiger partial charge in [0.1, 0.15) is 11.6 Å². The van der Waals surface area contributed by atoms with Crippen LogP contribution in [0, 0.1) is 11.6 Å². The molecule has 140 valence electrons. The van der Waals surface area contributed by atoms with Crippen molar-refractivity contribution in [2.24, 2.45) is 0 Å². The Bertz CT molecular complexity index is 920. The van der Waals surface area contributed by atoms with E-state index < -0.39 is 5.82 Å². The molecule has 5 heteroatoms. The Hall–Kier alpha value is -2.95. The predicted molar refractivity (Wildman–Crippen MR) is 101 cm³/mol. The van der Waals surface area contributed by atoms with Crippen molar-refractivity contribution in [1.29, 1.82) is 0 Å². The van der Waals surface area contributed by atoms with Gasteiger partial charge in [-0.3, -0.25) is 4.79 Å². The summed E-state index contributed by atoms with van der Waals surface area (Å²) in [6.45, 7) is 3.38. The van der Waals surface area contributed by atoms with Gasteiger partial charge in [-0.15, -0.1) is 0 Å². The largest absolute Gasteiger partial charge is 0.345 e. The molecule has 0 saturated carbocycles. The van der Waals surface area contributed by atoms with E-state index in [2.05, 4.69) is 0 Å². The normalized spacial score (nSPS) is 10.8. The van der Waals surface area contributed by atoms with Crippen LogP contribution in [0.5, 0.6) is 0 Å². The average Bonchev–Trinajstić information content (AvgIpc) is 3.08. The molecule has 0 spiro atoms. The standard InChI is InChI=1S/C22H22F2N2O/c1-2-12-26(22(27)20-10-3-4-11-21(20)24)16-19-9-6-13-25(19)15-17-7-5-8-18(23)14-17/h3-11,13-14H,2,12,15-16H2,1H3. The average molecular weight is 368 g/mol. The molecule has 3 aromatic rings. The molecule has 0 unspecified atom stereocenters. The Morgan fingerprint density at radius 3 is 2.59 bits per heavy atom. The van der Waals surface area contributed by atoms with Crippen LogP contribution in [-0.4, -0.2) is 21.9 Å². The quantitative estimate of drug-likeness (QED) is 0.584. The van der Waals surface area contributed by atoms with Crippen LogP contribution in [0.3, 0.4) is 0 Å². The molecular formula is C22H22F2N2O. The Labute approximate surface area is 157 Å². The Morgan fingerprint density at radius 1 is 1.04 bits per heavy atom. The van der Waals surface area contributed by atoms with Gasteiger partial charge in [0.25, 0.3) is 5.91 Å².